The third-order valence-corrected chi connectivity index (χ3v) is 8.31. The van der Waals surface area contributed by atoms with E-state index in [4.69, 9.17) is 9.47 Å². The molecule has 39 heavy (non-hydrogen) atoms. The molecule has 1 aromatic carbocycles. The zero-order valence-electron chi connectivity index (χ0n) is 21.5. The SMILES string of the molecule is CS(=O)(=O)c1cc([C@@H]2CCCCO2)ccc1Nc1cc(Cc2cc3n(n2)CCOC3)nc2c1N=C(C(F)F)C2. The van der Waals surface area contributed by atoms with Crippen molar-refractivity contribution in [1.82, 2.24) is 14.8 Å². The molecule has 0 aliphatic carbocycles. The Morgan fingerprint density at radius 2 is 2.00 bits per heavy atom. The Morgan fingerprint density at radius 3 is 2.74 bits per heavy atom. The first-order valence-corrected chi connectivity index (χ1v) is 14.9. The van der Waals surface area contributed by atoms with E-state index >= 15 is 0 Å². The molecule has 3 aliphatic rings. The number of nitrogens with zero attached hydrogens (tertiary/aromatic N) is 4. The van der Waals surface area contributed by atoms with Gasteiger partial charge in [-0.3, -0.25) is 9.67 Å². The number of benzene rings is 1. The molecule has 1 saturated heterocycles. The summed E-state index contributed by atoms with van der Waals surface area (Å²) < 4.78 is 66.1. The van der Waals surface area contributed by atoms with Crippen LogP contribution in [0.2, 0.25) is 0 Å². The highest BCUT2D eigenvalue weighted by Crippen LogP contribution is 2.39. The maximum Gasteiger partial charge on any atom is 0.277 e. The average molecular weight is 558 g/mol. The van der Waals surface area contributed by atoms with Crippen molar-refractivity contribution in [3.63, 3.8) is 0 Å². The molecule has 9 nitrogen and oxygen atoms in total. The van der Waals surface area contributed by atoms with Gasteiger partial charge < -0.3 is 14.8 Å². The Hall–Kier alpha value is -3.22. The molecule has 3 aliphatic heterocycles. The summed E-state index contributed by atoms with van der Waals surface area (Å²) in [5, 5.41) is 7.82. The molecule has 0 spiro atoms. The van der Waals surface area contributed by atoms with Crippen molar-refractivity contribution >= 4 is 32.6 Å². The van der Waals surface area contributed by atoms with E-state index in [1.54, 1.807) is 18.2 Å². The van der Waals surface area contributed by atoms with E-state index in [2.05, 4.69) is 20.4 Å². The van der Waals surface area contributed by atoms with E-state index in [1.165, 1.54) is 0 Å². The molecule has 1 N–H and O–H groups in total. The number of hydrogen-bond acceptors (Lipinski definition) is 8. The second-order valence-corrected chi connectivity index (χ2v) is 12.1. The smallest absolute Gasteiger partial charge is 0.277 e. The van der Waals surface area contributed by atoms with Crippen LogP contribution >= 0.6 is 0 Å². The lowest BCUT2D eigenvalue weighted by molar-refractivity contribution is 0.0148. The van der Waals surface area contributed by atoms with E-state index < -0.39 is 16.3 Å². The maximum atomic E-state index is 13.6. The van der Waals surface area contributed by atoms with Gasteiger partial charge in [-0.25, -0.2) is 22.2 Å². The first kappa shape index (κ1) is 26.0. The molecule has 206 valence electrons. The number of pyridine rings is 1. The van der Waals surface area contributed by atoms with E-state index in [0.717, 1.165) is 42.5 Å². The van der Waals surface area contributed by atoms with Gasteiger partial charge in [0, 0.05) is 31.4 Å². The number of fused-ring (bicyclic) bond motifs is 2. The van der Waals surface area contributed by atoms with Gasteiger partial charge in [0.1, 0.15) is 5.69 Å². The number of hydrogen-bond donors (Lipinski definition) is 1. The minimum atomic E-state index is -3.63. The van der Waals surface area contributed by atoms with Crippen LogP contribution in [0.1, 0.15) is 53.7 Å². The minimum Gasteiger partial charge on any atom is -0.374 e. The van der Waals surface area contributed by atoms with Crippen molar-refractivity contribution in [3.05, 3.63) is 58.7 Å². The summed E-state index contributed by atoms with van der Waals surface area (Å²) in [6.45, 7) is 2.39. The van der Waals surface area contributed by atoms with Gasteiger partial charge in [-0.2, -0.15) is 5.10 Å². The Balaban J connectivity index is 1.37. The molecule has 5 heterocycles. The molecule has 2 aromatic heterocycles. The van der Waals surface area contributed by atoms with Gasteiger partial charge in [-0.15, -0.1) is 0 Å². The quantitative estimate of drug-likeness (QED) is 0.449. The number of aromatic nitrogens is 3. The average Bonchev–Trinajstić information content (AvgIpc) is 3.53. The first-order chi connectivity index (χ1) is 18.7. The molecule has 0 unspecified atom stereocenters. The topological polar surface area (TPSA) is 108 Å². The molecular weight excluding hydrogens is 528 g/mol. The summed E-state index contributed by atoms with van der Waals surface area (Å²) in [5.74, 6) is 0. The predicted octanol–water partition coefficient (Wildman–Crippen LogP) is 4.68. The molecule has 3 aromatic rings. The number of aliphatic imine (C=N–C) groups is 1. The van der Waals surface area contributed by atoms with Gasteiger partial charge in [0.25, 0.3) is 6.43 Å². The molecule has 6 rings (SSSR count). The molecule has 0 bridgehead atoms. The third-order valence-electron chi connectivity index (χ3n) is 7.17. The second kappa shape index (κ2) is 10.4. The van der Waals surface area contributed by atoms with Crippen LogP contribution in [-0.2, 0) is 45.3 Å². The second-order valence-electron chi connectivity index (χ2n) is 10.1. The van der Waals surface area contributed by atoms with Gasteiger partial charge in [0.2, 0.25) is 0 Å². The fraction of sp³-hybridized carbons (Fsp3) is 0.444. The summed E-state index contributed by atoms with van der Waals surface area (Å²) in [5.41, 5.74) is 4.39. The van der Waals surface area contributed by atoms with E-state index in [1.807, 2.05) is 16.8 Å². The van der Waals surface area contributed by atoms with Crippen LogP contribution in [0.4, 0.5) is 25.8 Å². The molecule has 1 fully saturated rings. The Labute approximate surface area is 225 Å². The Morgan fingerprint density at radius 1 is 1.13 bits per heavy atom. The van der Waals surface area contributed by atoms with Gasteiger partial charge in [-0.1, -0.05) is 6.07 Å². The highest BCUT2D eigenvalue weighted by atomic mass is 32.2. The Bertz CT molecular complexity index is 1520. The fourth-order valence-corrected chi connectivity index (χ4v) is 6.15. The molecule has 1 atom stereocenters. The monoisotopic (exact) mass is 557 g/mol. The normalized spacial score (nSPS) is 19.1. The highest BCUT2D eigenvalue weighted by Gasteiger charge is 2.28. The zero-order chi connectivity index (χ0) is 27.1. The number of anilines is 2. The Kier molecular flexibility index (Phi) is 6.94. The lowest BCUT2D eigenvalue weighted by Gasteiger charge is -2.24. The molecule has 0 saturated carbocycles. The maximum absolute atomic E-state index is 13.6. The van der Waals surface area contributed by atoms with Crippen molar-refractivity contribution in [2.75, 3.05) is 24.8 Å². The highest BCUT2D eigenvalue weighted by molar-refractivity contribution is 7.90. The molecular formula is C27H29F2N5O4S. The largest absolute Gasteiger partial charge is 0.374 e. The van der Waals surface area contributed by atoms with Gasteiger partial charge in [0.15, 0.2) is 9.84 Å². The summed E-state index contributed by atoms with van der Waals surface area (Å²) >= 11 is 0. The van der Waals surface area contributed by atoms with Crippen molar-refractivity contribution in [2.24, 2.45) is 4.99 Å². The lowest BCUT2D eigenvalue weighted by atomic mass is 10.0. The number of alkyl halides is 2. The predicted molar refractivity (Wildman–Crippen MR) is 141 cm³/mol. The number of halogens is 2. The minimum absolute atomic E-state index is 0.0695. The van der Waals surface area contributed by atoms with E-state index in [0.29, 0.717) is 61.2 Å². The van der Waals surface area contributed by atoms with Crippen LogP contribution in [0.15, 0.2) is 40.2 Å². The third kappa shape index (κ3) is 5.45. The molecule has 0 amide bonds. The van der Waals surface area contributed by atoms with Crippen LogP contribution in [-0.4, -0.2) is 54.8 Å². The van der Waals surface area contributed by atoms with Crippen molar-refractivity contribution in [2.45, 2.75) is 62.7 Å². The molecule has 12 heteroatoms. The standard InChI is InChI=1S/C27H29F2N5O4S/c1-39(35,36)25-10-16(24-4-2-3-8-38-24)5-6-20(25)31-21-13-17(30-22-14-23(27(28)29)32-26(21)22)11-18-12-19-15-37-9-7-34(19)33-18/h5-6,10,12-13,24,27H,2-4,7-9,11,14-15H2,1H3,(H,30,31)/t24-/m0/s1. The van der Waals surface area contributed by atoms with Crippen molar-refractivity contribution in [3.8, 4) is 0 Å². The van der Waals surface area contributed by atoms with Crippen LogP contribution in [0, 0.1) is 0 Å². The summed E-state index contributed by atoms with van der Waals surface area (Å²) in [7, 11) is -3.63. The summed E-state index contributed by atoms with van der Waals surface area (Å²) in [4.78, 5) is 8.91. The van der Waals surface area contributed by atoms with Gasteiger partial charge >= 0.3 is 0 Å². The van der Waals surface area contributed by atoms with Gasteiger partial charge in [-0.05, 0) is 49.1 Å². The van der Waals surface area contributed by atoms with Crippen LogP contribution in [0.3, 0.4) is 0 Å². The van der Waals surface area contributed by atoms with E-state index in [9.17, 15) is 17.2 Å². The first-order valence-electron chi connectivity index (χ1n) is 13.0. The van der Waals surface area contributed by atoms with Crippen molar-refractivity contribution in [1.29, 1.82) is 0 Å². The number of nitrogens with one attached hydrogen (secondary N) is 1. The number of rotatable bonds is 7. The lowest BCUT2D eigenvalue weighted by Crippen LogP contribution is -2.16. The number of sulfone groups is 1. The van der Waals surface area contributed by atoms with Crippen molar-refractivity contribution < 1.29 is 26.7 Å². The summed E-state index contributed by atoms with van der Waals surface area (Å²) in [6, 6.07) is 8.88. The van der Waals surface area contributed by atoms with E-state index in [-0.39, 0.29) is 23.1 Å². The summed E-state index contributed by atoms with van der Waals surface area (Å²) in [6.07, 6.45) is 1.42. The van der Waals surface area contributed by atoms with Crippen LogP contribution in [0.25, 0.3) is 0 Å². The van der Waals surface area contributed by atoms with Crippen LogP contribution in [0.5, 0.6) is 0 Å². The van der Waals surface area contributed by atoms with Crippen LogP contribution < -0.4 is 5.32 Å². The number of ether oxygens (including phenoxy) is 2. The zero-order valence-corrected chi connectivity index (χ0v) is 22.3. The fourth-order valence-electron chi connectivity index (χ4n) is 5.29. The van der Waals surface area contributed by atoms with Gasteiger partial charge in [0.05, 0.1) is 64.9 Å². The molecule has 0 radical (unpaired) electrons.